The number of rotatable bonds is 9. The largest absolute Gasteiger partial charge is 0.500 e. The molecule has 0 aromatic heterocycles. The molecule has 3 nitrogen and oxygen atoms in total. The number of aryl methyl sites for hydroxylation is 1. The lowest BCUT2D eigenvalue weighted by atomic mass is 10.1. The molecule has 0 fully saturated rings. The standard InChI is InChI=1S/C14H21F3O3Si/c1-18-21(19-2,20-3)8-6-4-5-7-11-9-12(15)14(17)13(16)10-11/h9-10H,4-8H2,1-3H3. The molecular weight excluding hydrogens is 301 g/mol. The van der Waals surface area contributed by atoms with Gasteiger partial charge >= 0.3 is 8.80 Å². The molecule has 0 N–H and O–H groups in total. The van der Waals surface area contributed by atoms with E-state index in [-0.39, 0.29) is 0 Å². The van der Waals surface area contributed by atoms with E-state index in [1.54, 1.807) is 21.3 Å². The third-order valence-electron chi connectivity index (χ3n) is 3.43. The first-order chi connectivity index (χ1) is 9.98. The summed E-state index contributed by atoms with van der Waals surface area (Å²) in [6.07, 6.45) is 2.90. The van der Waals surface area contributed by atoms with Crippen molar-refractivity contribution in [3.63, 3.8) is 0 Å². The summed E-state index contributed by atoms with van der Waals surface area (Å²) in [4.78, 5) is 0. The Labute approximate surface area is 124 Å². The Hall–Kier alpha value is -0.893. The fourth-order valence-corrected chi connectivity index (χ4v) is 3.95. The van der Waals surface area contributed by atoms with E-state index in [2.05, 4.69) is 0 Å². The lowest BCUT2D eigenvalue weighted by Crippen LogP contribution is -2.42. The van der Waals surface area contributed by atoms with Crippen LogP contribution >= 0.6 is 0 Å². The van der Waals surface area contributed by atoms with Crippen molar-refractivity contribution in [3.8, 4) is 0 Å². The predicted molar refractivity (Wildman–Crippen MR) is 75.5 cm³/mol. The molecule has 0 aliphatic carbocycles. The molecule has 1 aromatic carbocycles. The highest BCUT2D eigenvalue weighted by atomic mass is 28.4. The topological polar surface area (TPSA) is 27.7 Å². The minimum Gasteiger partial charge on any atom is -0.377 e. The average Bonchev–Trinajstić information content (AvgIpc) is 2.49. The summed E-state index contributed by atoms with van der Waals surface area (Å²) >= 11 is 0. The van der Waals surface area contributed by atoms with E-state index in [9.17, 15) is 13.2 Å². The highest BCUT2D eigenvalue weighted by Gasteiger charge is 2.36. The first-order valence-electron chi connectivity index (χ1n) is 6.77. The maximum Gasteiger partial charge on any atom is 0.500 e. The molecule has 120 valence electrons. The number of hydrogen-bond acceptors (Lipinski definition) is 3. The van der Waals surface area contributed by atoms with Crippen LogP contribution in [0.4, 0.5) is 13.2 Å². The molecule has 1 rings (SSSR count). The number of benzene rings is 1. The lowest BCUT2D eigenvalue weighted by molar-refractivity contribution is 0.122. The van der Waals surface area contributed by atoms with E-state index < -0.39 is 26.3 Å². The SMILES string of the molecule is CO[Si](CCCCCc1cc(F)c(F)c(F)c1)(OC)OC. The van der Waals surface area contributed by atoms with Crippen LogP contribution in [0.1, 0.15) is 24.8 Å². The zero-order valence-corrected chi connectivity index (χ0v) is 13.5. The van der Waals surface area contributed by atoms with Gasteiger partial charge in [0.25, 0.3) is 0 Å². The van der Waals surface area contributed by atoms with E-state index in [0.717, 1.165) is 31.4 Å². The van der Waals surface area contributed by atoms with Crippen LogP contribution in [0, 0.1) is 17.5 Å². The molecule has 21 heavy (non-hydrogen) atoms. The fraction of sp³-hybridized carbons (Fsp3) is 0.571. The normalized spacial score (nSPS) is 11.9. The fourth-order valence-electron chi connectivity index (χ4n) is 2.16. The van der Waals surface area contributed by atoms with Gasteiger partial charge < -0.3 is 13.3 Å². The Bertz CT molecular complexity index is 422. The lowest BCUT2D eigenvalue weighted by Gasteiger charge is -2.24. The number of unbranched alkanes of at least 4 members (excludes halogenated alkanes) is 2. The van der Waals surface area contributed by atoms with Crippen LogP contribution in [-0.4, -0.2) is 30.1 Å². The summed E-state index contributed by atoms with van der Waals surface area (Å²) in [5.41, 5.74) is 0.458. The van der Waals surface area contributed by atoms with E-state index >= 15 is 0 Å². The molecule has 0 unspecified atom stereocenters. The Balaban J connectivity index is 2.38. The summed E-state index contributed by atoms with van der Waals surface area (Å²) in [5.74, 6) is -3.71. The summed E-state index contributed by atoms with van der Waals surface area (Å²) in [6.45, 7) is 0. The molecule has 0 saturated carbocycles. The third kappa shape index (κ3) is 5.10. The van der Waals surface area contributed by atoms with Gasteiger partial charge in [0.1, 0.15) is 0 Å². The van der Waals surface area contributed by atoms with E-state index in [0.29, 0.717) is 18.0 Å². The molecule has 0 aliphatic rings. The molecule has 0 spiro atoms. The zero-order chi connectivity index (χ0) is 15.9. The third-order valence-corrected chi connectivity index (χ3v) is 6.26. The van der Waals surface area contributed by atoms with Gasteiger partial charge in [-0.05, 0) is 37.0 Å². The summed E-state index contributed by atoms with van der Waals surface area (Å²) in [6, 6.07) is 2.76. The Morgan fingerprint density at radius 2 is 1.38 bits per heavy atom. The van der Waals surface area contributed by atoms with Gasteiger partial charge in [-0.2, -0.15) is 0 Å². The maximum atomic E-state index is 13.1. The summed E-state index contributed by atoms with van der Waals surface area (Å²) < 4.78 is 54.8. The molecule has 0 amide bonds. The van der Waals surface area contributed by atoms with Crippen LogP contribution in [0.3, 0.4) is 0 Å². The van der Waals surface area contributed by atoms with Crippen molar-refractivity contribution in [1.82, 2.24) is 0 Å². The van der Waals surface area contributed by atoms with E-state index in [1.165, 1.54) is 0 Å². The zero-order valence-electron chi connectivity index (χ0n) is 12.5. The molecule has 1 aromatic rings. The van der Waals surface area contributed by atoms with Crippen LogP contribution in [0.25, 0.3) is 0 Å². The van der Waals surface area contributed by atoms with Crippen molar-refractivity contribution in [2.45, 2.75) is 31.7 Å². The molecule has 0 saturated heterocycles. The first kappa shape index (κ1) is 18.2. The molecule has 7 heteroatoms. The highest BCUT2D eigenvalue weighted by molar-refractivity contribution is 6.60. The average molecular weight is 322 g/mol. The van der Waals surface area contributed by atoms with Crippen LogP contribution < -0.4 is 0 Å². The quantitative estimate of drug-likeness (QED) is 0.394. The molecular formula is C14H21F3O3Si. The molecule has 0 heterocycles. The summed E-state index contributed by atoms with van der Waals surface area (Å²) in [7, 11) is 2.13. The van der Waals surface area contributed by atoms with Crippen LogP contribution in [0.5, 0.6) is 0 Å². The van der Waals surface area contributed by atoms with Gasteiger partial charge in [0.05, 0.1) is 0 Å². The Kier molecular flexibility index (Phi) is 7.37. The van der Waals surface area contributed by atoms with E-state index in [4.69, 9.17) is 13.3 Å². The minimum atomic E-state index is -2.54. The van der Waals surface area contributed by atoms with Gasteiger partial charge in [0.15, 0.2) is 17.5 Å². The summed E-state index contributed by atoms with van der Waals surface area (Å²) in [5, 5.41) is 0. The first-order valence-corrected chi connectivity index (χ1v) is 8.70. The van der Waals surface area contributed by atoms with Gasteiger partial charge in [-0.25, -0.2) is 13.2 Å². The number of hydrogen-bond donors (Lipinski definition) is 0. The van der Waals surface area contributed by atoms with E-state index in [1.807, 2.05) is 0 Å². The smallest absolute Gasteiger partial charge is 0.377 e. The molecule has 0 aliphatic heterocycles. The van der Waals surface area contributed by atoms with Gasteiger partial charge in [0, 0.05) is 27.4 Å². The van der Waals surface area contributed by atoms with Crippen LogP contribution in [0.2, 0.25) is 6.04 Å². The van der Waals surface area contributed by atoms with Crippen LogP contribution in [0.15, 0.2) is 12.1 Å². The molecule has 0 bridgehead atoms. The minimum absolute atomic E-state index is 0.458. The Morgan fingerprint density at radius 1 is 0.857 bits per heavy atom. The van der Waals surface area contributed by atoms with Gasteiger partial charge in [-0.3, -0.25) is 0 Å². The van der Waals surface area contributed by atoms with Crippen molar-refractivity contribution in [1.29, 1.82) is 0 Å². The number of halogens is 3. The molecule has 0 atom stereocenters. The van der Waals surface area contributed by atoms with Crippen molar-refractivity contribution in [3.05, 3.63) is 35.1 Å². The molecule has 0 radical (unpaired) electrons. The van der Waals surface area contributed by atoms with Gasteiger partial charge in [-0.1, -0.05) is 6.42 Å². The second-order valence-corrected chi connectivity index (χ2v) is 7.82. The maximum absolute atomic E-state index is 13.1. The van der Waals surface area contributed by atoms with Gasteiger partial charge in [0.2, 0.25) is 0 Å². The Morgan fingerprint density at radius 3 is 1.86 bits per heavy atom. The van der Waals surface area contributed by atoms with Crippen molar-refractivity contribution < 1.29 is 26.4 Å². The van der Waals surface area contributed by atoms with Crippen molar-refractivity contribution in [2.24, 2.45) is 0 Å². The second kappa shape index (κ2) is 8.53. The predicted octanol–water partition coefficient (Wildman–Crippen LogP) is 3.69. The monoisotopic (exact) mass is 322 g/mol. The van der Waals surface area contributed by atoms with Gasteiger partial charge in [-0.15, -0.1) is 0 Å². The second-order valence-electron chi connectivity index (χ2n) is 4.73. The van der Waals surface area contributed by atoms with Crippen LogP contribution in [-0.2, 0) is 19.7 Å². The van der Waals surface area contributed by atoms with Crippen molar-refractivity contribution in [2.75, 3.05) is 21.3 Å². The van der Waals surface area contributed by atoms with Crippen molar-refractivity contribution >= 4 is 8.80 Å². The highest BCUT2D eigenvalue weighted by Crippen LogP contribution is 2.19.